The van der Waals surface area contributed by atoms with E-state index >= 15 is 0 Å². The molecule has 0 spiro atoms. The number of rotatable bonds is 10. The Morgan fingerprint density at radius 2 is 2.04 bits per heavy atom. The molecule has 0 atom stereocenters. The monoisotopic (exact) mass is 373 g/mol. The van der Waals surface area contributed by atoms with E-state index in [1.807, 2.05) is 49.4 Å². The predicted octanol–water partition coefficient (Wildman–Crippen LogP) is 4.86. The fraction of sp³-hybridized carbons (Fsp3) is 0.381. The molecule has 6 heteroatoms. The van der Waals surface area contributed by atoms with Gasteiger partial charge in [-0.25, -0.2) is 14.6 Å². The van der Waals surface area contributed by atoms with Crippen molar-refractivity contribution in [2.24, 2.45) is 5.84 Å². The lowest BCUT2D eigenvalue weighted by atomic mass is 10.0. The highest BCUT2D eigenvalue weighted by molar-refractivity contribution is 5.53. The van der Waals surface area contributed by atoms with Gasteiger partial charge in [0.25, 0.3) is 0 Å². The number of hydrogen-bond acceptors (Lipinski definition) is 4. The molecule has 2 rings (SSSR count). The second-order valence-corrected chi connectivity index (χ2v) is 6.56. The van der Waals surface area contributed by atoms with Crippen molar-refractivity contribution in [2.45, 2.75) is 45.5 Å². The van der Waals surface area contributed by atoms with Crippen molar-refractivity contribution in [3.63, 3.8) is 0 Å². The quantitative estimate of drug-likeness (QED) is 0.361. The first-order chi connectivity index (χ1) is 12.9. The summed E-state index contributed by atoms with van der Waals surface area (Å²) in [4.78, 5) is 0. The summed E-state index contributed by atoms with van der Waals surface area (Å²) in [5, 5.41) is 10.4. The average Bonchev–Trinajstić information content (AvgIpc) is 3.28. The summed E-state index contributed by atoms with van der Waals surface area (Å²) in [5.41, 5.74) is 3.44. The second kappa shape index (κ2) is 9.33. The fourth-order valence-corrected chi connectivity index (χ4v) is 2.69. The Morgan fingerprint density at radius 3 is 2.59 bits per heavy atom. The minimum atomic E-state index is -2.65. The van der Waals surface area contributed by atoms with Crippen LogP contribution in [-0.2, 0) is 6.42 Å². The van der Waals surface area contributed by atoms with Crippen LogP contribution in [0.25, 0.3) is 0 Å². The van der Waals surface area contributed by atoms with Crippen LogP contribution in [0.5, 0.6) is 5.75 Å². The summed E-state index contributed by atoms with van der Waals surface area (Å²) in [6.45, 7) is 3.12. The summed E-state index contributed by atoms with van der Waals surface area (Å²) >= 11 is 0. The molecule has 144 valence electrons. The Labute approximate surface area is 159 Å². The molecule has 0 fully saturated rings. The number of benzene rings is 1. The molecule has 0 aliphatic carbocycles. The van der Waals surface area contributed by atoms with E-state index in [2.05, 4.69) is 6.07 Å². The normalized spacial score (nSPS) is 14.7. The molecule has 0 saturated heterocycles. The third-order valence-corrected chi connectivity index (χ3v) is 4.19. The Kier molecular flexibility index (Phi) is 7.14. The van der Waals surface area contributed by atoms with Gasteiger partial charge in [0.05, 0.1) is 12.3 Å². The predicted molar refractivity (Wildman–Crippen MR) is 102 cm³/mol. The Bertz CT molecular complexity index is 768. The van der Waals surface area contributed by atoms with Crippen LogP contribution in [0.1, 0.15) is 38.7 Å². The van der Waals surface area contributed by atoms with Gasteiger partial charge >= 0.3 is 0 Å². The van der Waals surface area contributed by atoms with Gasteiger partial charge in [-0.15, -0.1) is 0 Å². The van der Waals surface area contributed by atoms with Crippen molar-refractivity contribution in [1.82, 2.24) is 5.01 Å². The first-order valence-electron chi connectivity index (χ1n) is 8.96. The third-order valence-electron chi connectivity index (χ3n) is 4.19. The van der Waals surface area contributed by atoms with Gasteiger partial charge in [-0.1, -0.05) is 30.4 Å². The lowest BCUT2D eigenvalue weighted by molar-refractivity contribution is 0.00769. The zero-order valence-corrected chi connectivity index (χ0v) is 15.7. The minimum absolute atomic E-state index is 0.175. The number of alkyl halides is 2. The molecule has 0 bridgehead atoms. The summed E-state index contributed by atoms with van der Waals surface area (Å²) < 4.78 is 31.0. The van der Waals surface area contributed by atoms with Crippen LogP contribution in [0, 0.1) is 11.3 Å². The summed E-state index contributed by atoms with van der Waals surface area (Å²) in [6.07, 6.45) is 7.52. The van der Waals surface area contributed by atoms with Crippen LogP contribution in [0.15, 0.2) is 59.5 Å². The van der Waals surface area contributed by atoms with E-state index < -0.39 is 5.92 Å². The van der Waals surface area contributed by atoms with Crippen molar-refractivity contribution < 1.29 is 13.5 Å². The van der Waals surface area contributed by atoms with Crippen LogP contribution in [0.4, 0.5) is 8.78 Å². The third kappa shape index (κ3) is 6.54. The number of halogens is 2. The topological polar surface area (TPSA) is 62.0 Å². The molecule has 2 N–H and O–H groups in total. The van der Waals surface area contributed by atoms with Crippen LogP contribution >= 0.6 is 0 Å². The molecule has 0 amide bonds. The Morgan fingerprint density at radius 1 is 1.33 bits per heavy atom. The van der Waals surface area contributed by atoms with E-state index in [9.17, 15) is 8.78 Å². The molecule has 1 aliphatic heterocycles. The molecule has 1 aliphatic rings. The van der Waals surface area contributed by atoms with Gasteiger partial charge in [-0.05, 0) is 56.4 Å². The molecule has 27 heavy (non-hydrogen) atoms. The first-order valence-corrected chi connectivity index (χ1v) is 8.96. The maximum Gasteiger partial charge on any atom is 0.245 e. The van der Waals surface area contributed by atoms with Crippen molar-refractivity contribution in [3.8, 4) is 11.8 Å². The van der Waals surface area contributed by atoms with Crippen LogP contribution < -0.4 is 10.6 Å². The second-order valence-electron chi connectivity index (χ2n) is 6.56. The molecule has 0 aromatic heterocycles. The van der Waals surface area contributed by atoms with E-state index in [-0.39, 0.29) is 13.0 Å². The molecule has 1 aromatic rings. The molecule has 1 heterocycles. The zero-order valence-electron chi connectivity index (χ0n) is 15.7. The van der Waals surface area contributed by atoms with E-state index in [1.54, 1.807) is 0 Å². The van der Waals surface area contributed by atoms with Gasteiger partial charge in [-0.2, -0.15) is 5.26 Å². The number of ether oxygens (including phenoxy) is 1. The Hall–Kier alpha value is -2.65. The molecular weight excluding hydrogens is 348 g/mol. The van der Waals surface area contributed by atoms with E-state index in [4.69, 9.17) is 15.8 Å². The highest BCUT2D eigenvalue weighted by atomic mass is 19.3. The SMILES string of the molecule is C/C=C\C=C(/CCc1ccc(OCCCC(C)(F)F)cc1)C1=C(C#N)N1N. The number of nitriles is 1. The van der Waals surface area contributed by atoms with E-state index in [0.717, 1.165) is 36.6 Å². The number of hydrazine groups is 1. The smallest absolute Gasteiger partial charge is 0.245 e. The van der Waals surface area contributed by atoms with Gasteiger partial charge in [0.15, 0.2) is 5.70 Å². The average molecular weight is 373 g/mol. The van der Waals surface area contributed by atoms with Gasteiger partial charge < -0.3 is 4.74 Å². The van der Waals surface area contributed by atoms with Crippen LogP contribution in [0.2, 0.25) is 0 Å². The summed E-state index contributed by atoms with van der Waals surface area (Å²) in [7, 11) is 0. The molecule has 0 saturated carbocycles. The van der Waals surface area contributed by atoms with Gasteiger partial charge in [0, 0.05) is 6.42 Å². The summed E-state index contributed by atoms with van der Waals surface area (Å²) in [6, 6.07) is 9.71. The highest BCUT2D eigenvalue weighted by Gasteiger charge is 2.33. The maximum absolute atomic E-state index is 12.8. The van der Waals surface area contributed by atoms with Crippen molar-refractivity contribution in [3.05, 3.63) is 65.0 Å². The highest BCUT2D eigenvalue weighted by Crippen LogP contribution is 2.35. The number of nitrogens with two attached hydrogens (primary N) is 1. The van der Waals surface area contributed by atoms with Crippen molar-refractivity contribution >= 4 is 0 Å². The lowest BCUT2D eigenvalue weighted by Crippen LogP contribution is -2.11. The minimum Gasteiger partial charge on any atom is -0.494 e. The molecule has 4 nitrogen and oxygen atoms in total. The lowest BCUT2D eigenvalue weighted by Gasteiger charge is -2.11. The van der Waals surface area contributed by atoms with Crippen molar-refractivity contribution in [2.75, 3.05) is 6.61 Å². The first kappa shape index (κ1) is 20.7. The van der Waals surface area contributed by atoms with Crippen LogP contribution in [0.3, 0.4) is 0 Å². The van der Waals surface area contributed by atoms with Gasteiger partial charge in [0.2, 0.25) is 5.92 Å². The number of aryl methyl sites for hydroxylation is 1. The molecule has 1 aromatic carbocycles. The largest absolute Gasteiger partial charge is 0.494 e. The molecule has 0 radical (unpaired) electrons. The fourth-order valence-electron chi connectivity index (χ4n) is 2.69. The Balaban J connectivity index is 1.86. The van der Waals surface area contributed by atoms with E-state index in [0.29, 0.717) is 17.9 Å². The number of allylic oxidation sites excluding steroid dienone is 5. The standard InChI is InChI=1S/C21H25F2N3O/c1-3-4-6-17(20-19(15-24)26(20)25)10-7-16-8-11-18(12-9-16)27-14-5-13-21(2,22)23/h3-4,6,8-9,11-12H,5,7,10,13-14,25H2,1-2H3/b4-3-,17-6+. The molecule has 0 unspecified atom stereocenters. The molecular formula is C21H25F2N3O. The van der Waals surface area contributed by atoms with E-state index in [1.165, 1.54) is 5.01 Å². The van der Waals surface area contributed by atoms with Crippen molar-refractivity contribution in [1.29, 1.82) is 5.26 Å². The maximum atomic E-state index is 12.8. The zero-order chi connectivity index (χ0) is 19.9. The summed E-state index contributed by atoms with van der Waals surface area (Å²) in [5.74, 6) is 3.80. The number of hydrogen-bond donors (Lipinski definition) is 1. The van der Waals surface area contributed by atoms with Gasteiger partial charge in [-0.3, -0.25) is 5.01 Å². The van der Waals surface area contributed by atoms with Crippen LogP contribution in [-0.4, -0.2) is 17.5 Å². The number of nitrogens with zero attached hydrogens (tertiary/aromatic N) is 2. The van der Waals surface area contributed by atoms with Gasteiger partial charge in [0.1, 0.15) is 11.8 Å².